The van der Waals surface area contributed by atoms with E-state index in [0.29, 0.717) is 11.4 Å². The van der Waals surface area contributed by atoms with Gasteiger partial charge in [-0.1, -0.05) is 183 Å². The zero-order chi connectivity index (χ0) is 46.7. The number of phenols is 1. The van der Waals surface area contributed by atoms with Crippen LogP contribution >= 0.6 is 0 Å². The number of fused-ring (bicyclic) bond motifs is 1. The molecule has 9 aromatic rings. The Morgan fingerprint density at radius 2 is 1.09 bits per heavy atom. The van der Waals surface area contributed by atoms with Crippen molar-refractivity contribution < 1.29 is 26.2 Å². The fraction of sp³-hybridized carbons (Fsp3) is 0.226. The van der Waals surface area contributed by atoms with Crippen molar-refractivity contribution in [2.75, 3.05) is 0 Å². The summed E-state index contributed by atoms with van der Waals surface area (Å²) in [5.41, 5.74) is 19.3. The Morgan fingerprint density at radius 3 is 1.75 bits per heavy atom. The van der Waals surface area contributed by atoms with Crippen molar-refractivity contribution in [3.8, 4) is 78.6 Å². The van der Waals surface area contributed by atoms with E-state index in [2.05, 4.69) is 219 Å². The maximum absolute atomic E-state index is 11.9. The van der Waals surface area contributed by atoms with Crippen LogP contribution in [0.2, 0.25) is 0 Å². The van der Waals surface area contributed by atoms with E-state index < -0.39 is 0 Å². The molecule has 1 N–H and O–H groups in total. The van der Waals surface area contributed by atoms with Crippen LogP contribution in [0.5, 0.6) is 5.75 Å². The van der Waals surface area contributed by atoms with Gasteiger partial charge in [-0.2, -0.15) is 0 Å². The van der Waals surface area contributed by atoms with Gasteiger partial charge in [-0.05, 0) is 110 Å². The molecule has 67 heavy (non-hydrogen) atoms. The Bertz CT molecular complexity index is 3250. The molecule has 0 spiro atoms. The van der Waals surface area contributed by atoms with Gasteiger partial charge in [0.1, 0.15) is 11.6 Å². The minimum Gasteiger partial charge on any atom is -0.507 e. The van der Waals surface area contributed by atoms with Crippen LogP contribution in [0, 0.1) is 19.9 Å². The van der Waals surface area contributed by atoms with Crippen LogP contribution in [0.4, 0.5) is 0 Å². The van der Waals surface area contributed by atoms with Gasteiger partial charge in [-0.25, -0.2) is 4.98 Å². The minimum atomic E-state index is -0.168. The number of pyridine rings is 1. The first kappa shape index (κ1) is 47.2. The number of phenolic OH excluding ortho intramolecular Hbond substituents is 1. The van der Waals surface area contributed by atoms with Crippen LogP contribution in [-0.4, -0.2) is 19.6 Å². The number of aromatic hydroxyl groups is 1. The summed E-state index contributed by atoms with van der Waals surface area (Å²) in [5.74, 6) is 0.906. The van der Waals surface area contributed by atoms with Crippen molar-refractivity contribution in [2.24, 2.45) is 0 Å². The third kappa shape index (κ3) is 9.47. The van der Waals surface area contributed by atoms with Crippen LogP contribution in [0.25, 0.3) is 83.9 Å². The number of imidazole rings is 1. The third-order valence-corrected chi connectivity index (χ3v) is 12.9. The quantitative estimate of drug-likeness (QED) is 0.162. The molecule has 0 unspecified atom stereocenters. The van der Waals surface area contributed by atoms with E-state index in [9.17, 15) is 5.11 Å². The van der Waals surface area contributed by atoms with Gasteiger partial charge in [0.2, 0.25) is 0 Å². The van der Waals surface area contributed by atoms with Gasteiger partial charge in [-0.3, -0.25) is 9.55 Å². The number of nitrogens with zero attached hydrogens (tertiary/aromatic N) is 3. The van der Waals surface area contributed by atoms with Gasteiger partial charge >= 0.3 is 0 Å². The molecule has 9 rings (SSSR count). The van der Waals surface area contributed by atoms with Gasteiger partial charge in [0.15, 0.2) is 0 Å². The molecule has 5 heteroatoms. The van der Waals surface area contributed by atoms with Crippen molar-refractivity contribution in [3.05, 3.63) is 192 Å². The maximum atomic E-state index is 11.9. The van der Waals surface area contributed by atoms with Crippen molar-refractivity contribution in [1.29, 1.82) is 0 Å². The van der Waals surface area contributed by atoms with E-state index in [0.717, 1.165) is 72.5 Å². The molecule has 0 saturated carbocycles. The zero-order valence-electron chi connectivity index (χ0n) is 40.6. The van der Waals surface area contributed by atoms with E-state index in [1.165, 1.54) is 27.8 Å². The fourth-order valence-corrected chi connectivity index (χ4v) is 8.98. The number of aryl methyl sites for hydroxylation is 2. The first-order chi connectivity index (χ1) is 31.3. The first-order valence-corrected chi connectivity index (χ1v) is 23.1. The largest absolute Gasteiger partial charge is 0.507 e. The van der Waals surface area contributed by atoms with Crippen LogP contribution in [0.3, 0.4) is 0 Å². The Labute approximate surface area is 412 Å². The molecule has 0 fully saturated rings. The van der Waals surface area contributed by atoms with Crippen molar-refractivity contribution in [2.45, 2.75) is 92.4 Å². The Kier molecular flexibility index (Phi) is 12.7. The fourth-order valence-electron chi connectivity index (χ4n) is 8.98. The second-order valence-electron chi connectivity index (χ2n) is 21.1. The number of aromatic nitrogens is 3. The summed E-state index contributed by atoms with van der Waals surface area (Å²) in [5, 5.41) is 11.9. The summed E-state index contributed by atoms with van der Waals surface area (Å²) in [4.78, 5) is 10.5. The molecule has 7 aromatic carbocycles. The monoisotopic (exact) mass is 1060 g/mol. The molecule has 2 aromatic heterocycles. The van der Waals surface area contributed by atoms with E-state index in [-0.39, 0.29) is 43.1 Å². The van der Waals surface area contributed by atoms with Crippen molar-refractivity contribution in [3.63, 3.8) is 0 Å². The van der Waals surface area contributed by atoms with Gasteiger partial charge in [0.05, 0.1) is 22.3 Å². The Balaban J connectivity index is 0.00000608. The second kappa shape index (κ2) is 18.0. The summed E-state index contributed by atoms with van der Waals surface area (Å²) >= 11 is 0. The van der Waals surface area contributed by atoms with E-state index in [1.807, 2.05) is 25.3 Å². The van der Waals surface area contributed by atoms with Crippen LogP contribution in [-0.2, 0) is 37.3 Å². The predicted octanol–water partition coefficient (Wildman–Crippen LogP) is 16.4. The van der Waals surface area contributed by atoms with Crippen molar-refractivity contribution in [1.82, 2.24) is 14.5 Å². The molecule has 2 heterocycles. The molecule has 0 aliphatic heterocycles. The van der Waals surface area contributed by atoms with Crippen LogP contribution in [0.1, 0.15) is 90.1 Å². The van der Waals surface area contributed by atoms with Crippen molar-refractivity contribution >= 4 is 11.0 Å². The average Bonchev–Trinajstić information content (AvgIpc) is 3.69. The van der Waals surface area contributed by atoms with Crippen LogP contribution in [0.15, 0.2) is 158 Å². The molecule has 0 radical (unpaired) electrons. The smallest absolute Gasteiger partial charge is 0.148 e. The van der Waals surface area contributed by atoms with Gasteiger partial charge in [0.25, 0.3) is 0 Å². The molecule has 0 bridgehead atoms. The predicted molar refractivity (Wildman–Crippen MR) is 278 cm³/mol. The van der Waals surface area contributed by atoms with Gasteiger partial charge in [0, 0.05) is 38.5 Å². The molecule has 0 aliphatic carbocycles. The average molecular weight is 1060 g/mol. The minimum absolute atomic E-state index is 0. The number of hydrogen-bond acceptors (Lipinski definition) is 3. The van der Waals surface area contributed by atoms with Crippen LogP contribution < -0.4 is 0 Å². The molecule has 0 atom stereocenters. The zero-order valence-corrected chi connectivity index (χ0v) is 42.9. The topological polar surface area (TPSA) is 50.9 Å². The Hall–Kier alpha value is -6.35. The molecule has 0 amide bonds. The summed E-state index contributed by atoms with van der Waals surface area (Å²) in [6.45, 7) is 24.3. The maximum Gasteiger partial charge on any atom is 0.148 e. The number of benzene rings is 7. The SMILES string of the molecule is Cc1cc(C)c(O)c(-c2nc3c(-c4[c-]c(-c5cc(-c6ccc(-c7ccccc7)cc6)ccn5)cc(C(C)(C)C)c4)cccc3n2-c2ccc(C(C)(C)C)cc2-c2ccc(C(C)(C)C)cc2)c1.[Pt]. The molecule has 0 aliphatic rings. The normalized spacial score (nSPS) is 12.0. The summed E-state index contributed by atoms with van der Waals surface area (Å²) in [6.07, 6.45) is 1.90. The molecule has 0 saturated heterocycles. The molecule has 4 nitrogen and oxygen atoms in total. The number of para-hydroxylation sites is 1. The summed E-state index contributed by atoms with van der Waals surface area (Å²) in [6, 6.07) is 58.2. The second-order valence-corrected chi connectivity index (χ2v) is 21.1. The number of rotatable bonds is 7. The standard InChI is InChI=1S/C62H60N3O.Pt/c1-39-32-40(2)58(66)53(33-39)59-64-57-51(18-15-19-56(57)65(59)55-29-28-49(61(6,7)8)38-52(55)44-24-26-48(27-25-44)60(3,4)5)46-34-47(36-50(35-46)62(9,10)11)54-37-45(30-31-63-54)43-22-20-42(21-23-43)41-16-13-12-14-17-41;/h12-33,35-38,66H,1-11H3;/q-1;. The van der Waals surface area contributed by atoms with E-state index in [1.54, 1.807) is 0 Å². The van der Waals surface area contributed by atoms with E-state index >= 15 is 0 Å². The molecular weight excluding hydrogens is 998 g/mol. The molecular formula is C62H60N3OPt-. The molecule has 340 valence electrons. The number of hydrogen-bond donors (Lipinski definition) is 1. The first-order valence-electron chi connectivity index (χ1n) is 23.1. The van der Waals surface area contributed by atoms with E-state index in [4.69, 9.17) is 9.97 Å². The summed E-state index contributed by atoms with van der Waals surface area (Å²) in [7, 11) is 0. The summed E-state index contributed by atoms with van der Waals surface area (Å²) < 4.78 is 2.26. The van der Waals surface area contributed by atoms with Gasteiger partial charge < -0.3 is 5.11 Å². The third-order valence-electron chi connectivity index (χ3n) is 12.9. The van der Waals surface area contributed by atoms with Gasteiger partial charge in [-0.15, -0.1) is 29.3 Å². The Morgan fingerprint density at radius 1 is 0.493 bits per heavy atom.